The number of carboxylic acid groups (broad SMARTS) is 3. The van der Waals surface area contributed by atoms with Crippen LogP contribution < -0.4 is 10.0 Å². The number of hydrogen-bond acceptors (Lipinski definition) is 9. The minimum atomic E-state index is -1.02. The van der Waals surface area contributed by atoms with E-state index in [0.717, 1.165) is 12.8 Å². The zero-order chi connectivity index (χ0) is 28.8. The SMILES string of the molecule is CCCCNC(=O)c1cc[n+]([O-])c(CN2CCN(CC(=O)O)CCN(CC(=O)O)CCN(CC(=O)O)CC2)c1. The number of aromatic nitrogens is 1. The van der Waals surface area contributed by atoms with Crippen LogP contribution in [0.3, 0.4) is 0 Å². The maximum absolute atomic E-state index is 12.6. The molecule has 0 aliphatic carbocycles. The number of pyridine rings is 1. The fourth-order valence-corrected chi connectivity index (χ4v) is 4.29. The number of carbonyl (C=O) groups is 4. The monoisotopic (exact) mass is 552 g/mol. The summed E-state index contributed by atoms with van der Waals surface area (Å²) in [5.41, 5.74) is 0.702. The molecule has 2 rings (SSSR count). The summed E-state index contributed by atoms with van der Waals surface area (Å²) in [4.78, 5) is 53.8. The Morgan fingerprint density at radius 2 is 1.26 bits per heavy atom. The summed E-state index contributed by atoms with van der Waals surface area (Å²) < 4.78 is 0.687. The standard InChI is InChI=1S/C25H40N6O8/c1-2-3-5-26-25(38)20-4-6-31(39)21(15-20)16-27-7-9-28(17-22(32)33)11-13-30(19-24(36)37)14-12-29(10-8-27)18-23(34)35/h4,6,15H,2-3,5,7-14,16-19H2,1H3,(H,26,38)(H,32,33)(H,34,35)(H,36,37). The summed E-state index contributed by atoms with van der Waals surface area (Å²) in [7, 11) is 0. The number of amides is 1. The van der Waals surface area contributed by atoms with E-state index in [2.05, 4.69) is 5.32 Å². The third-order valence-corrected chi connectivity index (χ3v) is 6.46. The summed E-state index contributed by atoms with van der Waals surface area (Å²) in [6, 6.07) is 3.00. The van der Waals surface area contributed by atoms with E-state index in [9.17, 15) is 39.7 Å². The molecule has 0 radical (unpaired) electrons. The second-order valence-electron chi connectivity index (χ2n) is 9.63. The molecule has 1 aromatic heterocycles. The molecule has 1 aliphatic heterocycles. The lowest BCUT2D eigenvalue weighted by molar-refractivity contribution is -0.615. The summed E-state index contributed by atoms with van der Waals surface area (Å²) in [5, 5.41) is 43.4. The van der Waals surface area contributed by atoms with E-state index in [1.807, 2.05) is 11.8 Å². The lowest BCUT2D eigenvalue weighted by Crippen LogP contribution is -2.49. The van der Waals surface area contributed by atoms with Gasteiger partial charge in [0.2, 0.25) is 5.69 Å². The molecule has 2 heterocycles. The number of hydrogen-bond donors (Lipinski definition) is 4. The highest BCUT2D eigenvalue weighted by atomic mass is 16.5. The average Bonchev–Trinajstić information content (AvgIpc) is 2.85. The van der Waals surface area contributed by atoms with E-state index in [-0.39, 0.29) is 32.1 Å². The van der Waals surface area contributed by atoms with Crippen LogP contribution in [0, 0.1) is 5.21 Å². The zero-order valence-corrected chi connectivity index (χ0v) is 22.5. The highest BCUT2D eigenvalue weighted by Gasteiger charge is 2.22. The van der Waals surface area contributed by atoms with Crippen LogP contribution in [0.5, 0.6) is 0 Å². The number of nitrogens with zero attached hydrogens (tertiary/aromatic N) is 5. The van der Waals surface area contributed by atoms with Gasteiger partial charge < -0.3 is 25.8 Å². The van der Waals surface area contributed by atoms with E-state index in [1.54, 1.807) is 14.7 Å². The number of rotatable bonds is 12. The molecule has 0 spiro atoms. The molecule has 1 aromatic rings. The lowest BCUT2D eigenvalue weighted by Gasteiger charge is -2.32. The van der Waals surface area contributed by atoms with Gasteiger partial charge in [0.05, 0.1) is 31.7 Å². The molecular weight excluding hydrogens is 512 g/mol. The number of carbonyl (C=O) groups excluding carboxylic acids is 1. The van der Waals surface area contributed by atoms with Crippen LogP contribution >= 0.6 is 0 Å². The molecule has 1 fully saturated rings. The first kappa shape index (κ1) is 31.9. The smallest absolute Gasteiger partial charge is 0.317 e. The van der Waals surface area contributed by atoms with Crippen molar-refractivity contribution in [1.82, 2.24) is 24.9 Å². The van der Waals surface area contributed by atoms with Crippen molar-refractivity contribution in [3.05, 3.63) is 34.8 Å². The summed E-state index contributed by atoms with van der Waals surface area (Å²) in [6.07, 6.45) is 3.06. The average molecular weight is 553 g/mol. The molecule has 14 nitrogen and oxygen atoms in total. The van der Waals surface area contributed by atoms with Crippen LogP contribution in [0.2, 0.25) is 0 Å². The number of nitrogens with one attached hydrogen (secondary N) is 1. The Morgan fingerprint density at radius 1 is 0.821 bits per heavy atom. The van der Waals surface area contributed by atoms with Crippen molar-refractivity contribution in [2.75, 3.05) is 78.5 Å². The van der Waals surface area contributed by atoms with E-state index in [4.69, 9.17) is 0 Å². The normalized spacial score (nSPS) is 17.2. The third-order valence-electron chi connectivity index (χ3n) is 6.46. The van der Waals surface area contributed by atoms with Gasteiger partial charge in [-0.2, -0.15) is 4.73 Å². The van der Waals surface area contributed by atoms with Gasteiger partial charge in [0.15, 0.2) is 6.20 Å². The van der Waals surface area contributed by atoms with Gasteiger partial charge in [-0.05, 0) is 6.42 Å². The van der Waals surface area contributed by atoms with Gasteiger partial charge in [0, 0.05) is 71.0 Å². The van der Waals surface area contributed by atoms with Crippen molar-refractivity contribution in [2.45, 2.75) is 26.3 Å². The first-order valence-corrected chi connectivity index (χ1v) is 13.1. The zero-order valence-electron chi connectivity index (χ0n) is 22.5. The van der Waals surface area contributed by atoms with Gasteiger partial charge >= 0.3 is 17.9 Å². The van der Waals surface area contributed by atoms with Crippen LogP contribution in [0.4, 0.5) is 0 Å². The van der Waals surface area contributed by atoms with Crippen molar-refractivity contribution in [3.8, 4) is 0 Å². The van der Waals surface area contributed by atoms with Gasteiger partial charge in [-0.25, -0.2) is 0 Å². The van der Waals surface area contributed by atoms with E-state index in [1.165, 1.54) is 18.3 Å². The van der Waals surface area contributed by atoms with Gasteiger partial charge in [0.25, 0.3) is 5.91 Å². The molecule has 0 atom stereocenters. The second kappa shape index (κ2) is 16.6. The fraction of sp³-hybridized carbons (Fsp3) is 0.640. The summed E-state index contributed by atoms with van der Waals surface area (Å²) in [5.74, 6) is -3.31. The predicted molar refractivity (Wildman–Crippen MR) is 140 cm³/mol. The maximum atomic E-state index is 12.6. The first-order valence-electron chi connectivity index (χ1n) is 13.1. The van der Waals surface area contributed by atoms with Crippen molar-refractivity contribution >= 4 is 23.8 Å². The second-order valence-corrected chi connectivity index (χ2v) is 9.63. The molecule has 1 amide bonds. The van der Waals surface area contributed by atoms with Crippen LogP contribution in [0.25, 0.3) is 0 Å². The Bertz CT molecular complexity index is 946. The molecule has 218 valence electrons. The Morgan fingerprint density at radius 3 is 1.67 bits per heavy atom. The fourth-order valence-electron chi connectivity index (χ4n) is 4.29. The molecule has 0 aromatic carbocycles. The van der Waals surface area contributed by atoms with Crippen molar-refractivity contribution in [3.63, 3.8) is 0 Å². The molecular formula is C25H40N6O8. The third kappa shape index (κ3) is 12.4. The van der Waals surface area contributed by atoms with E-state index in [0.29, 0.717) is 74.9 Å². The van der Waals surface area contributed by atoms with Crippen molar-refractivity contribution in [2.24, 2.45) is 0 Å². The number of carboxylic acids is 3. The van der Waals surface area contributed by atoms with Crippen molar-refractivity contribution < 1.29 is 39.2 Å². The summed E-state index contributed by atoms with van der Waals surface area (Å²) in [6.45, 7) is 4.67. The van der Waals surface area contributed by atoms with Crippen LogP contribution in [-0.4, -0.2) is 137 Å². The molecule has 0 unspecified atom stereocenters. The van der Waals surface area contributed by atoms with Gasteiger partial charge in [-0.1, -0.05) is 13.3 Å². The van der Waals surface area contributed by atoms with Gasteiger partial charge in [-0.15, -0.1) is 0 Å². The minimum Gasteiger partial charge on any atom is -0.618 e. The molecule has 39 heavy (non-hydrogen) atoms. The molecule has 0 bridgehead atoms. The maximum Gasteiger partial charge on any atom is 0.317 e. The van der Waals surface area contributed by atoms with E-state index >= 15 is 0 Å². The quantitative estimate of drug-likeness (QED) is 0.139. The predicted octanol–water partition coefficient (Wildman–Crippen LogP) is -1.17. The Labute approximate surface area is 228 Å². The Kier molecular flexibility index (Phi) is 13.6. The number of aliphatic carboxylic acids is 3. The minimum absolute atomic E-state index is 0.173. The molecule has 1 saturated heterocycles. The number of unbranched alkanes of at least 4 members (excludes halogenated alkanes) is 1. The molecule has 14 heteroatoms. The Hall–Kier alpha value is -3.33. The largest absolute Gasteiger partial charge is 0.618 e. The highest BCUT2D eigenvalue weighted by Crippen LogP contribution is 2.07. The lowest BCUT2D eigenvalue weighted by atomic mass is 10.2. The van der Waals surface area contributed by atoms with Crippen LogP contribution in [0.15, 0.2) is 18.3 Å². The van der Waals surface area contributed by atoms with E-state index < -0.39 is 17.9 Å². The van der Waals surface area contributed by atoms with Crippen LogP contribution in [0.1, 0.15) is 35.8 Å². The highest BCUT2D eigenvalue weighted by molar-refractivity contribution is 5.94. The topological polar surface area (TPSA) is 181 Å². The Balaban J connectivity index is 2.23. The summed E-state index contributed by atoms with van der Waals surface area (Å²) >= 11 is 0. The first-order chi connectivity index (χ1) is 18.6. The van der Waals surface area contributed by atoms with Crippen molar-refractivity contribution in [1.29, 1.82) is 0 Å². The van der Waals surface area contributed by atoms with Gasteiger partial charge in [-0.3, -0.25) is 38.8 Å². The molecule has 1 aliphatic rings. The molecule has 4 N–H and O–H groups in total. The molecule has 0 saturated carbocycles. The van der Waals surface area contributed by atoms with Crippen LogP contribution in [-0.2, 0) is 20.9 Å². The van der Waals surface area contributed by atoms with Gasteiger partial charge in [0.1, 0.15) is 0 Å².